The smallest absolute Gasteiger partial charge is 0.264 e. The quantitative estimate of drug-likeness (QED) is 0.613. The molecule has 0 fully saturated rings. The second kappa shape index (κ2) is 6.59. The zero-order chi connectivity index (χ0) is 17.3. The molecule has 0 aliphatic rings. The zero-order valence-electron chi connectivity index (χ0n) is 12.8. The van der Waals surface area contributed by atoms with Crippen LogP contribution < -0.4 is 4.31 Å². The van der Waals surface area contributed by atoms with Gasteiger partial charge >= 0.3 is 0 Å². The van der Waals surface area contributed by atoms with E-state index in [9.17, 15) is 8.42 Å². The number of sulfonamides is 1. The molecule has 7 heteroatoms. The van der Waals surface area contributed by atoms with Crippen LogP contribution in [0.5, 0.6) is 0 Å². The van der Waals surface area contributed by atoms with E-state index in [1.54, 1.807) is 37.3 Å². The minimum atomic E-state index is -3.72. The molecule has 0 unspecified atom stereocenters. The van der Waals surface area contributed by atoms with E-state index < -0.39 is 10.0 Å². The summed E-state index contributed by atoms with van der Waals surface area (Å²) >= 11 is 12.2. The number of benzene rings is 2. The van der Waals surface area contributed by atoms with Crippen LogP contribution in [0.4, 0.5) is 5.69 Å². The van der Waals surface area contributed by atoms with Crippen molar-refractivity contribution in [2.75, 3.05) is 10.8 Å². The largest absolute Gasteiger partial charge is 0.267 e. The summed E-state index contributed by atoms with van der Waals surface area (Å²) in [4.78, 5) is 4.12. The number of hydrogen-bond acceptors (Lipinski definition) is 3. The van der Waals surface area contributed by atoms with Crippen LogP contribution in [0.2, 0.25) is 10.2 Å². The molecule has 0 aliphatic carbocycles. The standard InChI is InChI=1S/C17H14Cl2N2O2S/c1-2-21(12-6-4-3-5-7-12)24(22,23)13-8-9-14-15(10-13)17(19)20-11-16(14)18/h3-11H,2H2,1H3. The highest BCUT2D eigenvalue weighted by Crippen LogP contribution is 2.31. The molecule has 3 rings (SSSR count). The Hall–Kier alpha value is -1.82. The number of anilines is 1. The molecule has 0 aliphatic heterocycles. The molecule has 0 saturated carbocycles. The lowest BCUT2D eigenvalue weighted by Gasteiger charge is -2.23. The predicted molar refractivity (Wildman–Crippen MR) is 98.4 cm³/mol. The van der Waals surface area contributed by atoms with Gasteiger partial charge in [-0.05, 0) is 31.2 Å². The number of hydrogen-bond donors (Lipinski definition) is 0. The van der Waals surface area contributed by atoms with Gasteiger partial charge in [0.2, 0.25) is 0 Å². The SMILES string of the molecule is CCN(c1ccccc1)S(=O)(=O)c1ccc2c(Cl)cnc(Cl)c2c1. The first-order chi connectivity index (χ1) is 11.4. The average Bonchev–Trinajstić information content (AvgIpc) is 2.59. The third-order valence-electron chi connectivity index (χ3n) is 3.68. The molecule has 4 nitrogen and oxygen atoms in total. The highest BCUT2D eigenvalue weighted by atomic mass is 35.5. The van der Waals surface area contributed by atoms with Crippen LogP contribution in [0.25, 0.3) is 10.8 Å². The molecule has 0 radical (unpaired) electrons. The summed E-state index contributed by atoms with van der Waals surface area (Å²) in [6.45, 7) is 2.10. The second-order valence-corrected chi connectivity index (χ2v) is 7.74. The van der Waals surface area contributed by atoms with E-state index in [0.29, 0.717) is 28.0 Å². The fourth-order valence-corrected chi connectivity index (χ4v) is 4.45. The normalized spacial score (nSPS) is 11.6. The van der Waals surface area contributed by atoms with Crippen LogP contribution in [-0.2, 0) is 10.0 Å². The van der Waals surface area contributed by atoms with Crippen molar-refractivity contribution in [1.82, 2.24) is 4.98 Å². The van der Waals surface area contributed by atoms with Gasteiger partial charge in [0, 0.05) is 23.5 Å². The number of nitrogens with zero attached hydrogens (tertiary/aromatic N) is 2. The highest BCUT2D eigenvalue weighted by Gasteiger charge is 2.24. The van der Waals surface area contributed by atoms with E-state index in [1.165, 1.54) is 22.6 Å². The molecule has 1 aromatic heterocycles. The van der Waals surface area contributed by atoms with Crippen LogP contribution in [0.1, 0.15) is 6.92 Å². The summed E-state index contributed by atoms with van der Waals surface area (Å²) in [7, 11) is -3.72. The summed E-state index contributed by atoms with van der Waals surface area (Å²) < 4.78 is 27.4. The van der Waals surface area contributed by atoms with Gasteiger partial charge in [-0.3, -0.25) is 4.31 Å². The molecule has 3 aromatic rings. The lowest BCUT2D eigenvalue weighted by molar-refractivity contribution is 0.592. The molecule has 24 heavy (non-hydrogen) atoms. The van der Waals surface area contributed by atoms with E-state index in [-0.39, 0.29) is 10.0 Å². The number of fused-ring (bicyclic) bond motifs is 1. The number of pyridine rings is 1. The minimum Gasteiger partial charge on any atom is -0.267 e. The first-order valence-electron chi connectivity index (χ1n) is 7.26. The van der Waals surface area contributed by atoms with Gasteiger partial charge in [0.05, 0.1) is 15.6 Å². The number of rotatable bonds is 4. The Balaban J connectivity index is 2.16. The van der Waals surface area contributed by atoms with Crippen LogP contribution in [-0.4, -0.2) is 19.9 Å². The fraction of sp³-hybridized carbons (Fsp3) is 0.118. The van der Waals surface area contributed by atoms with Gasteiger partial charge in [-0.15, -0.1) is 0 Å². The van der Waals surface area contributed by atoms with Crippen molar-refractivity contribution in [1.29, 1.82) is 0 Å². The number of aromatic nitrogens is 1. The monoisotopic (exact) mass is 380 g/mol. The molecular formula is C17H14Cl2N2O2S. The third kappa shape index (κ3) is 2.95. The topological polar surface area (TPSA) is 50.3 Å². The van der Waals surface area contributed by atoms with Crippen molar-refractivity contribution in [2.45, 2.75) is 11.8 Å². The van der Waals surface area contributed by atoms with Gasteiger partial charge in [-0.25, -0.2) is 13.4 Å². The van der Waals surface area contributed by atoms with Crippen LogP contribution in [0.3, 0.4) is 0 Å². The Morgan fingerprint density at radius 1 is 1.04 bits per heavy atom. The Morgan fingerprint density at radius 3 is 2.42 bits per heavy atom. The first-order valence-corrected chi connectivity index (χ1v) is 9.46. The Labute approximate surface area is 150 Å². The summed E-state index contributed by atoms with van der Waals surface area (Å²) in [6.07, 6.45) is 1.45. The van der Waals surface area contributed by atoms with Crippen molar-refractivity contribution >= 4 is 49.7 Å². The molecule has 0 bridgehead atoms. The molecule has 0 saturated heterocycles. The molecule has 0 N–H and O–H groups in total. The fourth-order valence-electron chi connectivity index (χ4n) is 2.53. The summed E-state index contributed by atoms with van der Waals surface area (Å²) in [5.74, 6) is 0. The lowest BCUT2D eigenvalue weighted by atomic mass is 10.2. The molecule has 1 heterocycles. The van der Waals surface area contributed by atoms with Crippen molar-refractivity contribution in [3.05, 3.63) is 64.9 Å². The molecule has 2 aromatic carbocycles. The van der Waals surface area contributed by atoms with Gasteiger partial charge in [0.15, 0.2) is 0 Å². The maximum Gasteiger partial charge on any atom is 0.264 e. The van der Waals surface area contributed by atoms with E-state index in [2.05, 4.69) is 4.98 Å². The molecular weight excluding hydrogens is 367 g/mol. The van der Waals surface area contributed by atoms with Gasteiger partial charge in [-0.2, -0.15) is 0 Å². The Kier molecular flexibility index (Phi) is 4.67. The van der Waals surface area contributed by atoms with Crippen LogP contribution in [0, 0.1) is 0 Å². The second-order valence-electron chi connectivity index (χ2n) is 5.11. The third-order valence-corrected chi connectivity index (χ3v) is 6.18. The van der Waals surface area contributed by atoms with E-state index in [1.807, 2.05) is 6.07 Å². The lowest BCUT2D eigenvalue weighted by Crippen LogP contribution is -2.30. The van der Waals surface area contributed by atoms with E-state index in [4.69, 9.17) is 23.2 Å². The Bertz CT molecular complexity index is 992. The van der Waals surface area contributed by atoms with Crippen molar-refractivity contribution in [3.63, 3.8) is 0 Å². The molecule has 0 atom stereocenters. The van der Waals surface area contributed by atoms with Crippen molar-refractivity contribution < 1.29 is 8.42 Å². The Morgan fingerprint density at radius 2 is 1.75 bits per heavy atom. The van der Waals surface area contributed by atoms with Gasteiger partial charge < -0.3 is 0 Å². The predicted octanol–water partition coefficient (Wildman–Crippen LogP) is 4.76. The summed E-state index contributed by atoms with van der Waals surface area (Å²) in [5, 5.41) is 1.82. The number of para-hydroxylation sites is 1. The molecule has 0 spiro atoms. The van der Waals surface area contributed by atoms with E-state index in [0.717, 1.165) is 0 Å². The molecule has 124 valence electrons. The first kappa shape index (κ1) is 17.0. The summed E-state index contributed by atoms with van der Waals surface area (Å²) in [6, 6.07) is 13.7. The van der Waals surface area contributed by atoms with Gasteiger partial charge in [-0.1, -0.05) is 47.5 Å². The van der Waals surface area contributed by atoms with Crippen molar-refractivity contribution in [3.8, 4) is 0 Å². The average molecular weight is 381 g/mol. The minimum absolute atomic E-state index is 0.145. The van der Waals surface area contributed by atoms with Crippen LogP contribution >= 0.6 is 23.2 Å². The molecule has 0 amide bonds. The maximum absolute atomic E-state index is 13.0. The highest BCUT2D eigenvalue weighted by molar-refractivity contribution is 7.92. The number of halogens is 2. The van der Waals surface area contributed by atoms with Gasteiger partial charge in [0.25, 0.3) is 10.0 Å². The maximum atomic E-state index is 13.0. The van der Waals surface area contributed by atoms with E-state index >= 15 is 0 Å². The zero-order valence-corrected chi connectivity index (χ0v) is 15.1. The van der Waals surface area contributed by atoms with Crippen LogP contribution in [0.15, 0.2) is 59.6 Å². The summed E-state index contributed by atoms with van der Waals surface area (Å²) in [5.41, 5.74) is 0.607. The van der Waals surface area contributed by atoms with Crippen molar-refractivity contribution in [2.24, 2.45) is 0 Å². The van der Waals surface area contributed by atoms with Gasteiger partial charge in [0.1, 0.15) is 5.15 Å².